The summed E-state index contributed by atoms with van der Waals surface area (Å²) in [6.45, 7) is 0. The van der Waals surface area contributed by atoms with E-state index in [9.17, 15) is 14.4 Å². The highest BCUT2D eigenvalue weighted by Gasteiger charge is 2.40. The van der Waals surface area contributed by atoms with Gasteiger partial charge in [-0.3, -0.25) is 14.4 Å². The van der Waals surface area contributed by atoms with Crippen LogP contribution in [0.3, 0.4) is 0 Å². The molecular formula is C16H18O3. The van der Waals surface area contributed by atoms with Crippen molar-refractivity contribution in [3.63, 3.8) is 0 Å². The molecule has 19 heavy (non-hydrogen) atoms. The standard InChI is InChI=1S/C16H18O3/c17-12-7-11(8-13(18)9-12)15-6-5-10-3-1-2-4-14(10)16(15)19/h1-2,4,10-11,15H,3,5-9H2. The summed E-state index contributed by atoms with van der Waals surface area (Å²) in [5.41, 5.74) is 0.921. The van der Waals surface area contributed by atoms with Gasteiger partial charge in [0.25, 0.3) is 0 Å². The number of Topliss-reactive ketones (excluding diaryl/α,β-unsaturated/α-hetero) is 3. The van der Waals surface area contributed by atoms with E-state index in [1.165, 1.54) is 0 Å². The molecule has 2 fully saturated rings. The molecule has 0 aliphatic heterocycles. The molecule has 3 aliphatic rings. The zero-order chi connectivity index (χ0) is 13.4. The van der Waals surface area contributed by atoms with E-state index in [0.29, 0.717) is 18.8 Å². The summed E-state index contributed by atoms with van der Waals surface area (Å²) < 4.78 is 0. The van der Waals surface area contributed by atoms with Gasteiger partial charge in [-0.25, -0.2) is 0 Å². The van der Waals surface area contributed by atoms with Gasteiger partial charge in [-0.15, -0.1) is 0 Å². The predicted molar refractivity (Wildman–Crippen MR) is 70.4 cm³/mol. The van der Waals surface area contributed by atoms with E-state index in [4.69, 9.17) is 0 Å². The Morgan fingerprint density at radius 2 is 1.74 bits per heavy atom. The Labute approximate surface area is 112 Å². The highest BCUT2D eigenvalue weighted by atomic mass is 16.2. The first-order valence-electron chi connectivity index (χ1n) is 7.09. The molecule has 0 saturated heterocycles. The third kappa shape index (κ3) is 2.34. The molecule has 3 aliphatic carbocycles. The summed E-state index contributed by atoms with van der Waals surface area (Å²) in [6, 6.07) is 0. The van der Waals surface area contributed by atoms with Gasteiger partial charge in [0.1, 0.15) is 11.6 Å². The fourth-order valence-electron chi connectivity index (χ4n) is 3.72. The second-order valence-electron chi connectivity index (χ2n) is 5.95. The van der Waals surface area contributed by atoms with Crippen LogP contribution in [-0.4, -0.2) is 17.3 Å². The fraction of sp³-hybridized carbons (Fsp3) is 0.562. The summed E-state index contributed by atoms with van der Waals surface area (Å²) >= 11 is 0. The van der Waals surface area contributed by atoms with Crippen molar-refractivity contribution < 1.29 is 14.4 Å². The number of ketones is 3. The SMILES string of the molecule is O=C1CC(=O)CC(C2CCC3CC=CC=C3C2=O)C1. The van der Waals surface area contributed by atoms with Crippen molar-refractivity contribution in [2.24, 2.45) is 17.8 Å². The van der Waals surface area contributed by atoms with Gasteiger partial charge in [-0.05, 0) is 36.7 Å². The van der Waals surface area contributed by atoms with E-state index in [1.807, 2.05) is 12.2 Å². The average molecular weight is 258 g/mol. The summed E-state index contributed by atoms with van der Waals surface area (Å²) in [7, 11) is 0. The van der Waals surface area contributed by atoms with E-state index in [0.717, 1.165) is 24.8 Å². The molecule has 2 atom stereocenters. The number of fused-ring (bicyclic) bond motifs is 1. The minimum absolute atomic E-state index is 0.00805. The molecule has 0 aromatic carbocycles. The molecule has 0 spiro atoms. The van der Waals surface area contributed by atoms with E-state index in [2.05, 4.69) is 6.08 Å². The average Bonchev–Trinajstić information content (AvgIpc) is 2.38. The van der Waals surface area contributed by atoms with Crippen LogP contribution in [0.4, 0.5) is 0 Å². The third-order valence-electron chi connectivity index (χ3n) is 4.66. The van der Waals surface area contributed by atoms with E-state index in [1.54, 1.807) is 0 Å². The molecule has 0 aromatic rings. The molecule has 0 aromatic heterocycles. The largest absolute Gasteiger partial charge is 0.299 e. The molecule has 2 saturated carbocycles. The molecule has 2 unspecified atom stereocenters. The zero-order valence-corrected chi connectivity index (χ0v) is 10.9. The molecule has 3 rings (SSSR count). The molecule has 0 amide bonds. The summed E-state index contributed by atoms with van der Waals surface area (Å²) in [6.07, 6.45) is 9.67. The summed E-state index contributed by atoms with van der Waals surface area (Å²) in [5.74, 6) is 0.412. The Morgan fingerprint density at radius 1 is 1.00 bits per heavy atom. The lowest BCUT2D eigenvalue weighted by Gasteiger charge is -2.35. The second-order valence-corrected chi connectivity index (χ2v) is 5.95. The normalized spacial score (nSPS) is 32.2. The molecular weight excluding hydrogens is 240 g/mol. The first-order valence-corrected chi connectivity index (χ1v) is 7.09. The Morgan fingerprint density at radius 3 is 2.47 bits per heavy atom. The van der Waals surface area contributed by atoms with Crippen LogP contribution in [0.15, 0.2) is 23.8 Å². The van der Waals surface area contributed by atoms with E-state index >= 15 is 0 Å². The number of rotatable bonds is 1. The van der Waals surface area contributed by atoms with Crippen molar-refractivity contribution in [3.05, 3.63) is 23.8 Å². The van der Waals surface area contributed by atoms with Gasteiger partial charge in [0.05, 0.1) is 6.42 Å². The van der Waals surface area contributed by atoms with Gasteiger partial charge >= 0.3 is 0 Å². The van der Waals surface area contributed by atoms with Gasteiger partial charge in [-0.2, -0.15) is 0 Å². The maximum Gasteiger partial charge on any atom is 0.162 e. The zero-order valence-electron chi connectivity index (χ0n) is 10.9. The van der Waals surface area contributed by atoms with Gasteiger partial charge in [0.15, 0.2) is 5.78 Å². The van der Waals surface area contributed by atoms with Crippen molar-refractivity contribution in [2.45, 2.75) is 38.5 Å². The predicted octanol–water partition coefficient (Wildman–Crippen LogP) is 2.41. The molecule has 0 heterocycles. The maximum absolute atomic E-state index is 12.5. The number of hydrogen-bond acceptors (Lipinski definition) is 3. The van der Waals surface area contributed by atoms with Gasteiger partial charge < -0.3 is 0 Å². The molecule has 3 heteroatoms. The van der Waals surface area contributed by atoms with Crippen LogP contribution in [0, 0.1) is 17.8 Å². The Hall–Kier alpha value is -1.51. The van der Waals surface area contributed by atoms with Gasteiger partial charge in [0.2, 0.25) is 0 Å². The van der Waals surface area contributed by atoms with Crippen LogP contribution in [0.2, 0.25) is 0 Å². The lowest BCUT2D eigenvalue weighted by molar-refractivity contribution is -0.133. The van der Waals surface area contributed by atoms with Crippen LogP contribution >= 0.6 is 0 Å². The second kappa shape index (κ2) is 4.87. The van der Waals surface area contributed by atoms with Gasteiger partial charge in [0, 0.05) is 18.8 Å². The minimum atomic E-state index is -0.109. The van der Waals surface area contributed by atoms with E-state index < -0.39 is 0 Å². The maximum atomic E-state index is 12.5. The van der Waals surface area contributed by atoms with Crippen LogP contribution < -0.4 is 0 Å². The van der Waals surface area contributed by atoms with Crippen LogP contribution in [0.1, 0.15) is 38.5 Å². The number of carbonyl (C=O) groups excluding carboxylic acids is 3. The summed E-state index contributed by atoms with van der Waals surface area (Å²) in [4.78, 5) is 35.7. The Bertz CT molecular complexity index is 482. The molecule has 0 radical (unpaired) electrons. The van der Waals surface area contributed by atoms with E-state index in [-0.39, 0.29) is 35.6 Å². The van der Waals surface area contributed by atoms with Gasteiger partial charge in [-0.1, -0.05) is 18.2 Å². The highest BCUT2D eigenvalue weighted by Crippen LogP contribution is 2.41. The van der Waals surface area contributed by atoms with Crippen LogP contribution in [-0.2, 0) is 14.4 Å². The van der Waals surface area contributed by atoms with Crippen molar-refractivity contribution in [2.75, 3.05) is 0 Å². The van der Waals surface area contributed by atoms with Crippen molar-refractivity contribution in [1.82, 2.24) is 0 Å². The number of carbonyl (C=O) groups is 3. The topological polar surface area (TPSA) is 51.2 Å². The first-order chi connectivity index (χ1) is 9.15. The van der Waals surface area contributed by atoms with Crippen molar-refractivity contribution in [3.8, 4) is 0 Å². The molecule has 0 bridgehead atoms. The third-order valence-corrected chi connectivity index (χ3v) is 4.66. The van der Waals surface area contributed by atoms with Crippen molar-refractivity contribution >= 4 is 17.3 Å². The lowest BCUT2D eigenvalue weighted by Crippen LogP contribution is -2.37. The molecule has 100 valence electrons. The van der Waals surface area contributed by atoms with Crippen LogP contribution in [0.5, 0.6) is 0 Å². The quantitative estimate of drug-likeness (QED) is 0.679. The smallest absolute Gasteiger partial charge is 0.162 e. The monoisotopic (exact) mass is 258 g/mol. The minimum Gasteiger partial charge on any atom is -0.299 e. The number of hydrogen-bond donors (Lipinski definition) is 0. The summed E-state index contributed by atoms with van der Waals surface area (Å²) in [5, 5.41) is 0. The van der Waals surface area contributed by atoms with Crippen molar-refractivity contribution in [1.29, 1.82) is 0 Å². The number of allylic oxidation sites excluding steroid dienone is 4. The molecule has 0 N–H and O–H groups in total. The molecule has 3 nitrogen and oxygen atoms in total. The lowest BCUT2D eigenvalue weighted by atomic mass is 9.66. The first kappa shape index (κ1) is 12.5. The Kier molecular flexibility index (Phi) is 3.21. The fourth-order valence-corrected chi connectivity index (χ4v) is 3.72. The van der Waals surface area contributed by atoms with Crippen LogP contribution in [0.25, 0.3) is 0 Å². The highest BCUT2D eigenvalue weighted by molar-refractivity contribution is 6.04. The Balaban J connectivity index is 1.80.